The summed E-state index contributed by atoms with van der Waals surface area (Å²) in [5.74, 6) is 0. The molecule has 0 saturated carbocycles. The monoisotopic (exact) mass is 282 g/mol. The Hall–Kier alpha value is -0.0400. The minimum Gasteiger partial charge on any atom is -0.370 e. The first-order valence-electron chi connectivity index (χ1n) is 9.54. The third-order valence-electron chi connectivity index (χ3n) is 4.62. The van der Waals surface area contributed by atoms with E-state index in [9.17, 15) is 0 Å². The molecule has 1 rings (SSSR count). The number of unbranched alkanes of at least 4 members (excludes halogenated alkanes) is 11. The van der Waals surface area contributed by atoms with Crippen molar-refractivity contribution in [2.75, 3.05) is 0 Å². The molecule has 2 atom stereocenters. The maximum atomic E-state index is 5.75. The highest BCUT2D eigenvalue weighted by Gasteiger charge is 2.36. The van der Waals surface area contributed by atoms with Gasteiger partial charge in [-0.1, -0.05) is 97.3 Å². The number of epoxide rings is 1. The number of hydrogen-bond donors (Lipinski definition) is 0. The van der Waals surface area contributed by atoms with Gasteiger partial charge >= 0.3 is 0 Å². The van der Waals surface area contributed by atoms with E-state index in [1.807, 2.05) is 0 Å². The SMILES string of the molecule is CCCCCCCCCCCCC1OC1CCCCC. The first kappa shape index (κ1) is 18.0. The van der Waals surface area contributed by atoms with Crippen LogP contribution < -0.4 is 0 Å². The van der Waals surface area contributed by atoms with Gasteiger partial charge in [0.25, 0.3) is 0 Å². The van der Waals surface area contributed by atoms with E-state index >= 15 is 0 Å². The van der Waals surface area contributed by atoms with Gasteiger partial charge in [0.15, 0.2) is 0 Å². The summed E-state index contributed by atoms with van der Waals surface area (Å²) in [7, 11) is 0. The molecule has 0 radical (unpaired) electrons. The predicted octanol–water partition coefficient (Wildman–Crippen LogP) is 6.65. The molecular formula is C19H38O. The Bertz CT molecular complexity index is 202. The molecule has 0 spiro atoms. The first-order chi connectivity index (χ1) is 9.88. The Labute approximate surface area is 127 Å². The largest absolute Gasteiger partial charge is 0.370 e. The van der Waals surface area contributed by atoms with Crippen molar-refractivity contribution in [2.24, 2.45) is 0 Å². The quantitative estimate of drug-likeness (QED) is 0.242. The molecule has 1 nitrogen and oxygen atoms in total. The lowest BCUT2D eigenvalue weighted by Crippen LogP contribution is -1.94. The highest BCUT2D eigenvalue weighted by atomic mass is 16.6. The van der Waals surface area contributed by atoms with E-state index in [4.69, 9.17) is 4.74 Å². The third-order valence-corrected chi connectivity index (χ3v) is 4.62. The van der Waals surface area contributed by atoms with Gasteiger partial charge in [0.1, 0.15) is 0 Å². The Morgan fingerprint density at radius 2 is 0.850 bits per heavy atom. The van der Waals surface area contributed by atoms with E-state index in [0.29, 0.717) is 12.2 Å². The molecule has 0 N–H and O–H groups in total. The molecule has 1 saturated heterocycles. The van der Waals surface area contributed by atoms with Gasteiger partial charge in [-0.15, -0.1) is 0 Å². The molecular weight excluding hydrogens is 244 g/mol. The van der Waals surface area contributed by atoms with Crippen molar-refractivity contribution in [3.63, 3.8) is 0 Å². The van der Waals surface area contributed by atoms with Crippen LogP contribution >= 0.6 is 0 Å². The fourth-order valence-corrected chi connectivity index (χ4v) is 3.12. The van der Waals surface area contributed by atoms with E-state index < -0.39 is 0 Å². The Morgan fingerprint density at radius 1 is 0.500 bits per heavy atom. The van der Waals surface area contributed by atoms with Gasteiger partial charge in [0, 0.05) is 0 Å². The molecule has 0 bridgehead atoms. The topological polar surface area (TPSA) is 12.5 Å². The van der Waals surface area contributed by atoms with E-state index in [0.717, 1.165) is 0 Å². The molecule has 0 aliphatic carbocycles. The summed E-state index contributed by atoms with van der Waals surface area (Å²) in [6.45, 7) is 4.56. The number of hydrogen-bond acceptors (Lipinski definition) is 1. The minimum atomic E-state index is 0.639. The second-order valence-corrected chi connectivity index (χ2v) is 6.68. The van der Waals surface area contributed by atoms with Crippen LogP contribution in [0.15, 0.2) is 0 Å². The van der Waals surface area contributed by atoms with Gasteiger partial charge in [-0.25, -0.2) is 0 Å². The van der Waals surface area contributed by atoms with Gasteiger partial charge in [0.05, 0.1) is 12.2 Å². The molecule has 2 unspecified atom stereocenters. The Morgan fingerprint density at radius 3 is 1.35 bits per heavy atom. The molecule has 1 aliphatic rings. The summed E-state index contributed by atoms with van der Waals surface area (Å²) in [6, 6.07) is 0. The molecule has 0 aromatic rings. The summed E-state index contributed by atoms with van der Waals surface area (Å²) in [4.78, 5) is 0. The molecule has 1 fully saturated rings. The van der Waals surface area contributed by atoms with Gasteiger partial charge in [-0.05, 0) is 12.8 Å². The zero-order valence-corrected chi connectivity index (χ0v) is 14.2. The van der Waals surface area contributed by atoms with Crippen molar-refractivity contribution in [3.8, 4) is 0 Å². The van der Waals surface area contributed by atoms with Crippen molar-refractivity contribution in [2.45, 2.75) is 122 Å². The lowest BCUT2D eigenvalue weighted by molar-refractivity contribution is 0.348. The summed E-state index contributed by atoms with van der Waals surface area (Å²) in [5, 5.41) is 0. The van der Waals surface area contributed by atoms with Crippen LogP contribution in [0.5, 0.6) is 0 Å². The van der Waals surface area contributed by atoms with Gasteiger partial charge in [-0.2, -0.15) is 0 Å². The lowest BCUT2D eigenvalue weighted by Gasteiger charge is -2.01. The maximum Gasteiger partial charge on any atom is 0.0841 e. The van der Waals surface area contributed by atoms with Crippen LogP contribution in [0.1, 0.15) is 110 Å². The van der Waals surface area contributed by atoms with E-state index in [2.05, 4.69) is 13.8 Å². The summed E-state index contributed by atoms with van der Waals surface area (Å²) >= 11 is 0. The van der Waals surface area contributed by atoms with Gasteiger partial charge < -0.3 is 4.74 Å². The molecule has 1 heterocycles. The smallest absolute Gasteiger partial charge is 0.0841 e. The van der Waals surface area contributed by atoms with Crippen molar-refractivity contribution in [1.29, 1.82) is 0 Å². The molecule has 0 aromatic heterocycles. The van der Waals surface area contributed by atoms with Gasteiger partial charge in [-0.3, -0.25) is 0 Å². The summed E-state index contributed by atoms with van der Waals surface area (Å²) < 4.78 is 5.75. The van der Waals surface area contributed by atoms with Crippen LogP contribution in [0.3, 0.4) is 0 Å². The zero-order chi connectivity index (χ0) is 14.5. The minimum absolute atomic E-state index is 0.639. The van der Waals surface area contributed by atoms with Crippen LogP contribution in [0.2, 0.25) is 0 Å². The highest BCUT2D eigenvalue weighted by molar-refractivity contribution is 4.84. The highest BCUT2D eigenvalue weighted by Crippen LogP contribution is 2.31. The Balaban J connectivity index is 1.71. The lowest BCUT2D eigenvalue weighted by atomic mass is 10.0. The molecule has 120 valence electrons. The molecule has 1 aliphatic heterocycles. The van der Waals surface area contributed by atoms with E-state index in [1.165, 1.54) is 96.3 Å². The van der Waals surface area contributed by atoms with Crippen molar-refractivity contribution in [1.82, 2.24) is 0 Å². The average Bonchev–Trinajstić information content (AvgIpc) is 3.20. The second-order valence-electron chi connectivity index (χ2n) is 6.68. The fraction of sp³-hybridized carbons (Fsp3) is 1.00. The second kappa shape index (κ2) is 12.7. The molecule has 0 amide bonds. The van der Waals surface area contributed by atoms with Crippen LogP contribution in [-0.4, -0.2) is 12.2 Å². The number of rotatable bonds is 15. The first-order valence-corrected chi connectivity index (χ1v) is 9.54. The standard InChI is InChI=1S/C19H38O/c1-3-5-7-8-9-10-11-12-13-15-17-19-18(20-19)16-14-6-4-2/h18-19H,3-17H2,1-2H3. The van der Waals surface area contributed by atoms with E-state index in [1.54, 1.807) is 0 Å². The fourth-order valence-electron chi connectivity index (χ4n) is 3.12. The van der Waals surface area contributed by atoms with Crippen LogP contribution in [0.4, 0.5) is 0 Å². The van der Waals surface area contributed by atoms with Crippen LogP contribution in [0, 0.1) is 0 Å². The summed E-state index contributed by atoms with van der Waals surface area (Å²) in [5.41, 5.74) is 0. The maximum absolute atomic E-state index is 5.75. The van der Waals surface area contributed by atoms with Crippen molar-refractivity contribution >= 4 is 0 Å². The van der Waals surface area contributed by atoms with Crippen LogP contribution in [0.25, 0.3) is 0 Å². The zero-order valence-electron chi connectivity index (χ0n) is 14.2. The molecule has 20 heavy (non-hydrogen) atoms. The third kappa shape index (κ3) is 9.80. The van der Waals surface area contributed by atoms with Crippen LogP contribution in [-0.2, 0) is 4.74 Å². The average molecular weight is 283 g/mol. The molecule has 1 heteroatoms. The van der Waals surface area contributed by atoms with E-state index in [-0.39, 0.29) is 0 Å². The van der Waals surface area contributed by atoms with Crippen molar-refractivity contribution in [3.05, 3.63) is 0 Å². The summed E-state index contributed by atoms with van der Waals surface area (Å²) in [6.07, 6.45) is 22.4. The molecule has 0 aromatic carbocycles. The normalized spacial score (nSPS) is 21.3. The Kier molecular flexibility index (Phi) is 11.4. The predicted molar refractivity (Wildman–Crippen MR) is 89.3 cm³/mol. The van der Waals surface area contributed by atoms with Crippen molar-refractivity contribution < 1.29 is 4.74 Å². The number of ether oxygens (including phenoxy) is 1. The van der Waals surface area contributed by atoms with Gasteiger partial charge in [0.2, 0.25) is 0 Å².